The average molecular weight is 838 g/mol. The minimum Gasteiger partial charge on any atom is -0.309 e. The van der Waals surface area contributed by atoms with E-state index in [1.54, 1.807) is 0 Å². The lowest BCUT2D eigenvalue weighted by molar-refractivity contribution is 0.660. The van der Waals surface area contributed by atoms with E-state index >= 15 is 0 Å². The van der Waals surface area contributed by atoms with E-state index in [0.717, 1.165) is 5.69 Å². The summed E-state index contributed by atoms with van der Waals surface area (Å²) in [6.07, 6.45) is 0. The third-order valence-electron chi connectivity index (χ3n) is 16.3. The Labute approximate surface area is 386 Å². The summed E-state index contributed by atoms with van der Waals surface area (Å²) in [4.78, 5) is 2.64. The standard InChI is InChI=1S/C65H43N/c1-63(2)49-26-10-3-19-41(49)46-38-37-40(39-58(46)63)66(59-35-17-33-56-61(59)47-24-8-15-31-54(47)64(56)50-27-11-4-20-42(50)43-21-5-12-28-51(43)64)60-36-18-34-57-62(60)48-25-9-16-32-55(48)65(57)52-29-13-6-22-44(52)45-23-7-14-30-53(45)65/h3-39H,1-2H3. The molecule has 5 aliphatic carbocycles. The Bertz CT molecular complexity index is 3480. The molecule has 1 heteroatoms. The number of hydrogen-bond donors (Lipinski definition) is 0. The molecule has 0 amide bonds. The van der Waals surface area contributed by atoms with Gasteiger partial charge >= 0.3 is 0 Å². The van der Waals surface area contributed by atoms with Crippen LogP contribution in [0.5, 0.6) is 0 Å². The highest BCUT2D eigenvalue weighted by molar-refractivity contribution is 6.05. The Morgan fingerprint density at radius 2 is 0.561 bits per heavy atom. The summed E-state index contributed by atoms with van der Waals surface area (Å²) in [7, 11) is 0. The monoisotopic (exact) mass is 837 g/mol. The zero-order valence-corrected chi connectivity index (χ0v) is 36.8. The van der Waals surface area contributed by atoms with Gasteiger partial charge in [-0.3, -0.25) is 0 Å². The third-order valence-corrected chi connectivity index (χ3v) is 16.3. The fourth-order valence-corrected chi connectivity index (χ4v) is 13.9. The Balaban J connectivity index is 1.07. The summed E-state index contributed by atoms with van der Waals surface area (Å²) in [5, 5.41) is 0. The normalized spacial score (nSPS) is 15.5. The van der Waals surface area contributed by atoms with Gasteiger partial charge in [0.15, 0.2) is 0 Å². The molecule has 0 aliphatic heterocycles. The van der Waals surface area contributed by atoms with E-state index in [2.05, 4.69) is 243 Å². The molecule has 308 valence electrons. The molecule has 10 aromatic carbocycles. The summed E-state index contributed by atoms with van der Waals surface area (Å²) >= 11 is 0. The molecule has 0 aromatic heterocycles. The van der Waals surface area contributed by atoms with Crippen molar-refractivity contribution in [2.75, 3.05) is 4.90 Å². The highest BCUT2D eigenvalue weighted by Crippen LogP contribution is 2.68. The molecule has 0 saturated carbocycles. The van der Waals surface area contributed by atoms with Gasteiger partial charge in [0.1, 0.15) is 0 Å². The van der Waals surface area contributed by atoms with Gasteiger partial charge in [-0.05, 0) is 124 Å². The lowest BCUT2D eigenvalue weighted by atomic mass is 9.70. The first-order valence-electron chi connectivity index (χ1n) is 23.4. The van der Waals surface area contributed by atoms with Crippen molar-refractivity contribution in [3.63, 3.8) is 0 Å². The summed E-state index contributed by atoms with van der Waals surface area (Å²) < 4.78 is 0. The van der Waals surface area contributed by atoms with Gasteiger partial charge in [-0.1, -0.05) is 214 Å². The molecule has 66 heavy (non-hydrogen) atoms. The molecule has 0 bridgehead atoms. The number of nitrogens with zero attached hydrogens (tertiary/aromatic N) is 1. The summed E-state index contributed by atoms with van der Waals surface area (Å²) in [5.74, 6) is 0. The molecular weight excluding hydrogens is 795 g/mol. The van der Waals surface area contributed by atoms with Gasteiger partial charge in [-0.25, -0.2) is 0 Å². The molecular formula is C65H43N. The van der Waals surface area contributed by atoms with Crippen LogP contribution in [0.15, 0.2) is 224 Å². The smallest absolute Gasteiger partial charge is 0.0726 e. The molecule has 0 heterocycles. The zero-order chi connectivity index (χ0) is 43.5. The second-order valence-electron chi connectivity index (χ2n) is 19.4. The lowest BCUT2D eigenvalue weighted by Crippen LogP contribution is -2.26. The van der Waals surface area contributed by atoms with Crippen molar-refractivity contribution in [3.8, 4) is 55.6 Å². The number of anilines is 3. The van der Waals surface area contributed by atoms with Crippen LogP contribution < -0.4 is 4.90 Å². The fraction of sp³-hybridized carbons (Fsp3) is 0.0769. The van der Waals surface area contributed by atoms with Crippen LogP contribution in [0.3, 0.4) is 0 Å². The molecule has 15 rings (SSSR count). The number of benzene rings is 10. The van der Waals surface area contributed by atoms with Crippen molar-refractivity contribution in [1.29, 1.82) is 0 Å². The second kappa shape index (κ2) is 12.6. The number of hydrogen-bond acceptors (Lipinski definition) is 1. The second-order valence-corrected chi connectivity index (χ2v) is 19.4. The van der Waals surface area contributed by atoms with Crippen molar-refractivity contribution >= 4 is 17.1 Å². The van der Waals surface area contributed by atoms with Crippen LogP contribution in [0, 0.1) is 0 Å². The molecule has 1 nitrogen and oxygen atoms in total. The Morgan fingerprint density at radius 1 is 0.258 bits per heavy atom. The van der Waals surface area contributed by atoms with E-state index in [-0.39, 0.29) is 5.41 Å². The van der Waals surface area contributed by atoms with Crippen LogP contribution in [0.2, 0.25) is 0 Å². The topological polar surface area (TPSA) is 3.24 Å². The Kier molecular flexibility index (Phi) is 6.95. The Morgan fingerprint density at radius 3 is 0.970 bits per heavy atom. The fourth-order valence-electron chi connectivity index (χ4n) is 13.9. The molecule has 0 fully saturated rings. The van der Waals surface area contributed by atoms with E-state index < -0.39 is 10.8 Å². The van der Waals surface area contributed by atoms with Gasteiger partial charge in [-0.2, -0.15) is 0 Å². The first-order valence-corrected chi connectivity index (χ1v) is 23.4. The predicted octanol–water partition coefficient (Wildman–Crippen LogP) is 16.1. The van der Waals surface area contributed by atoms with E-state index in [0.29, 0.717) is 0 Å². The van der Waals surface area contributed by atoms with Gasteiger partial charge in [0.25, 0.3) is 0 Å². The highest BCUT2D eigenvalue weighted by Gasteiger charge is 2.54. The van der Waals surface area contributed by atoms with Crippen molar-refractivity contribution in [3.05, 3.63) is 280 Å². The number of fused-ring (bicyclic) bond motifs is 23. The van der Waals surface area contributed by atoms with Gasteiger partial charge in [0.05, 0.1) is 22.2 Å². The molecule has 0 unspecified atom stereocenters. The first-order chi connectivity index (χ1) is 32.5. The minimum absolute atomic E-state index is 0.174. The molecule has 10 aromatic rings. The quantitative estimate of drug-likeness (QED) is 0.171. The predicted molar refractivity (Wildman–Crippen MR) is 271 cm³/mol. The minimum atomic E-state index is -0.463. The number of rotatable bonds is 3. The molecule has 5 aliphatic rings. The van der Waals surface area contributed by atoms with E-state index in [1.807, 2.05) is 0 Å². The average Bonchev–Trinajstić information content (AvgIpc) is 4.11. The molecule has 0 radical (unpaired) electrons. The van der Waals surface area contributed by atoms with Crippen molar-refractivity contribution < 1.29 is 0 Å². The van der Waals surface area contributed by atoms with Crippen molar-refractivity contribution in [2.45, 2.75) is 30.1 Å². The van der Waals surface area contributed by atoms with Crippen LogP contribution in [-0.4, -0.2) is 0 Å². The van der Waals surface area contributed by atoms with Crippen LogP contribution in [0.1, 0.15) is 69.5 Å². The summed E-state index contributed by atoms with van der Waals surface area (Å²) in [6, 6.07) is 85.6. The SMILES string of the molecule is CC1(C)c2ccccc2-c2ccc(N(c3cccc4c3-c3ccccc3C43c4ccccc4-c4ccccc43)c3cccc4c3-c3ccccc3C43c4ccccc4-c4ccccc43)cc21. The summed E-state index contributed by atoms with van der Waals surface area (Å²) in [5.41, 5.74) is 29.0. The van der Waals surface area contributed by atoms with Gasteiger partial charge in [0.2, 0.25) is 0 Å². The maximum Gasteiger partial charge on any atom is 0.0726 e. The van der Waals surface area contributed by atoms with E-state index in [4.69, 9.17) is 0 Å². The van der Waals surface area contributed by atoms with Crippen molar-refractivity contribution in [1.82, 2.24) is 0 Å². The van der Waals surface area contributed by atoms with E-state index in [1.165, 1.54) is 123 Å². The Hall–Kier alpha value is -8.00. The molecule has 0 saturated heterocycles. The first kappa shape index (κ1) is 36.4. The van der Waals surface area contributed by atoms with Gasteiger partial charge in [0, 0.05) is 22.2 Å². The highest BCUT2D eigenvalue weighted by atomic mass is 15.1. The van der Waals surface area contributed by atoms with Crippen LogP contribution in [0.4, 0.5) is 17.1 Å². The third kappa shape index (κ3) is 4.15. The largest absolute Gasteiger partial charge is 0.309 e. The molecule has 0 atom stereocenters. The maximum atomic E-state index is 2.64. The van der Waals surface area contributed by atoms with E-state index in [9.17, 15) is 0 Å². The summed E-state index contributed by atoms with van der Waals surface area (Å²) in [6.45, 7) is 4.80. The van der Waals surface area contributed by atoms with Gasteiger partial charge < -0.3 is 4.90 Å². The van der Waals surface area contributed by atoms with Crippen LogP contribution in [-0.2, 0) is 16.2 Å². The molecule has 0 N–H and O–H groups in total. The lowest BCUT2D eigenvalue weighted by Gasteiger charge is -2.34. The van der Waals surface area contributed by atoms with Crippen LogP contribution >= 0.6 is 0 Å². The van der Waals surface area contributed by atoms with Crippen LogP contribution in [0.25, 0.3) is 55.6 Å². The van der Waals surface area contributed by atoms with Gasteiger partial charge in [-0.15, -0.1) is 0 Å². The van der Waals surface area contributed by atoms with Crippen molar-refractivity contribution in [2.24, 2.45) is 0 Å². The zero-order valence-electron chi connectivity index (χ0n) is 36.8. The molecule has 2 spiro atoms. The maximum absolute atomic E-state index is 2.64.